The summed E-state index contributed by atoms with van der Waals surface area (Å²) in [6, 6.07) is 9.39. The lowest BCUT2D eigenvalue weighted by Gasteiger charge is -2.34. The van der Waals surface area contributed by atoms with E-state index in [2.05, 4.69) is 10.2 Å². The van der Waals surface area contributed by atoms with E-state index in [4.69, 9.17) is 9.47 Å². The van der Waals surface area contributed by atoms with Gasteiger partial charge in [0.15, 0.2) is 5.03 Å². The fourth-order valence-corrected chi connectivity index (χ4v) is 3.98. The van der Waals surface area contributed by atoms with E-state index in [1.54, 1.807) is 23.1 Å². The minimum absolute atomic E-state index is 0.100. The molecule has 0 bridgehead atoms. The van der Waals surface area contributed by atoms with Gasteiger partial charge in [-0.2, -0.15) is 5.10 Å². The third kappa shape index (κ3) is 4.66. The van der Waals surface area contributed by atoms with Gasteiger partial charge in [0.05, 0.1) is 18.0 Å². The molecule has 0 spiro atoms. The summed E-state index contributed by atoms with van der Waals surface area (Å²) in [5, 5.41) is 7.22. The van der Waals surface area contributed by atoms with Gasteiger partial charge in [-0.15, -0.1) is 5.10 Å². The first-order valence-electron chi connectivity index (χ1n) is 8.89. The Kier molecular flexibility index (Phi) is 5.66. The molecule has 2 heterocycles. The summed E-state index contributed by atoms with van der Waals surface area (Å²) < 4.78 is 36.7. The van der Waals surface area contributed by atoms with Crippen LogP contribution in [-0.2, 0) is 19.3 Å². The van der Waals surface area contributed by atoms with Gasteiger partial charge in [0.2, 0.25) is 9.84 Å². The van der Waals surface area contributed by atoms with Crippen molar-refractivity contribution in [2.45, 2.75) is 42.4 Å². The molecular formula is C19H23N3O5S. The van der Waals surface area contributed by atoms with E-state index in [0.29, 0.717) is 18.7 Å². The molecule has 3 rings (SSSR count). The number of morpholine rings is 1. The van der Waals surface area contributed by atoms with Crippen molar-refractivity contribution in [1.82, 2.24) is 15.1 Å². The molecule has 8 nitrogen and oxygen atoms in total. The SMILES string of the molecule is CC(C)(C)OC(=O)N1CCO[C@H](c2cccc(S(=O)(=O)c3cccnn3)c2)C1. The van der Waals surface area contributed by atoms with Crippen LogP contribution in [0.15, 0.2) is 52.5 Å². The van der Waals surface area contributed by atoms with Gasteiger partial charge in [0, 0.05) is 12.7 Å². The van der Waals surface area contributed by atoms with Gasteiger partial charge >= 0.3 is 6.09 Å². The van der Waals surface area contributed by atoms with Crippen molar-refractivity contribution < 1.29 is 22.7 Å². The van der Waals surface area contributed by atoms with Crippen LogP contribution in [0.25, 0.3) is 0 Å². The number of nitrogens with zero attached hydrogens (tertiary/aromatic N) is 3. The number of sulfone groups is 1. The monoisotopic (exact) mass is 405 g/mol. The molecule has 1 aliphatic rings. The number of hydrogen-bond acceptors (Lipinski definition) is 7. The van der Waals surface area contributed by atoms with Crippen molar-refractivity contribution in [2.75, 3.05) is 19.7 Å². The molecule has 1 amide bonds. The van der Waals surface area contributed by atoms with Gasteiger partial charge in [0.1, 0.15) is 11.7 Å². The molecule has 1 fully saturated rings. The van der Waals surface area contributed by atoms with Crippen molar-refractivity contribution in [3.8, 4) is 0 Å². The number of hydrogen-bond donors (Lipinski definition) is 0. The molecule has 1 aliphatic heterocycles. The first-order valence-corrected chi connectivity index (χ1v) is 10.4. The maximum absolute atomic E-state index is 12.8. The number of rotatable bonds is 3. The molecule has 0 saturated carbocycles. The van der Waals surface area contributed by atoms with Crippen LogP contribution < -0.4 is 0 Å². The second-order valence-electron chi connectivity index (χ2n) is 7.42. The Morgan fingerprint density at radius 2 is 2.04 bits per heavy atom. The quantitative estimate of drug-likeness (QED) is 0.774. The first-order chi connectivity index (χ1) is 13.2. The zero-order chi connectivity index (χ0) is 20.4. The number of carbonyl (C=O) groups excluding carboxylic acids is 1. The molecule has 1 aromatic carbocycles. The van der Waals surface area contributed by atoms with Gasteiger partial charge in [-0.3, -0.25) is 0 Å². The normalized spacial score (nSPS) is 18.0. The molecule has 1 saturated heterocycles. The molecule has 1 atom stereocenters. The number of aromatic nitrogens is 2. The average Bonchev–Trinajstić information content (AvgIpc) is 2.67. The molecule has 9 heteroatoms. The van der Waals surface area contributed by atoms with Crippen LogP contribution in [0.5, 0.6) is 0 Å². The lowest BCUT2D eigenvalue weighted by Crippen LogP contribution is -2.44. The summed E-state index contributed by atoms with van der Waals surface area (Å²) in [6.07, 6.45) is 0.554. The van der Waals surface area contributed by atoms with Crippen LogP contribution in [0.2, 0.25) is 0 Å². The Hall–Kier alpha value is -2.52. The van der Waals surface area contributed by atoms with E-state index in [1.807, 2.05) is 20.8 Å². The van der Waals surface area contributed by atoms with Crippen LogP contribution in [-0.4, -0.2) is 54.9 Å². The van der Waals surface area contributed by atoms with Gasteiger partial charge in [0.25, 0.3) is 0 Å². The summed E-state index contributed by atoms with van der Waals surface area (Å²) in [5.41, 5.74) is 0.0773. The third-order valence-corrected chi connectivity index (χ3v) is 5.72. The number of carbonyl (C=O) groups is 1. The van der Waals surface area contributed by atoms with Gasteiger partial charge in [-0.25, -0.2) is 13.2 Å². The van der Waals surface area contributed by atoms with E-state index < -0.39 is 27.6 Å². The lowest BCUT2D eigenvalue weighted by molar-refractivity contribution is -0.0433. The summed E-state index contributed by atoms with van der Waals surface area (Å²) >= 11 is 0. The Bertz CT molecular complexity index is 942. The van der Waals surface area contributed by atoms with E-state index in [0.717, 1.165) is 0 Å². The largest absolute Gasteiger partial charge is 0.444 e. The predicted octanol–water partition coefficient (Wildman–Crippen LogP) is 2.62. The molecule has 0 unspecified atom stereocenters. The fraction of sp³-hybridized carbons (Fsp3) is 0.421. The Morgan fingerprint density at radius 3 is 2.71 bits per heavy atom. The standard InChI is InChI=1S/C19H23N3O5S/c1-19(2,3)27-18(23)22-10-11-26-16(13-22)14-6-4-7-15(12-14)28(24,25)17-8-5-9-20-21-17/h4-9,12,16H,10-11,13H2,1-3H3/t16-/m0/s1. The summed E-state index contributed by atoms with van der Waals surface area (Å²) in [5.74, 6) is 0. The smallest absolute Gasteiger partial charge is 0.410 e. The molecule has 0 radical (unpaired) electrons. The highest BCUT2D eigenvalue weighted by molar-refractivity contribution is 7.91. The van der Waals surface area contributed by atoms with Gasteiger partial charge in [-0.05, 0) is 50.6 Å². The second kappa shape index (κ2) is 7.84. The molecule has 1 aromatic heterocycles. The minimum Gasteiger partial charge on any atom is -0.444 e. The number of amides is 1. The molecule has 150 valence electrons. The molecule has 28 heavy (non-hydrogen) atoms. The molecular weight excluding hydrogens is 382 g/mol. The highest BCUT2D eigenvalue weighted by Gasteiger charge is 2.30. The topological polar surface area (TPSA) is 98.7 Å². The highest BCUT2D eigenvalue weighted by atomic mass is 32.2. The maximum Gasteiger partial charge on any atom is 0.410 e. The van der Waals surface area contributed by atoms with Crippen molar-refractivity contribution in [3.05, 3.63) is 48.2 Å². The average molecular weight is 405 g/mol. The Morgan fingerprint density at radius 1 is 1.25 bits per heavy atom. The van der Waals surface area contributed by atoms with Crippen LogP contribution in [0.4, 0.5) is 4.79 Å². The van der Waals surface area contributed by atoms with Crippen molar-refractivity contribution in [1.29, 1.82) is 0 Å². The van der Waals surface area contributed by atoms with Crippen LogP contribution in [0.3, 0.4) is 0 Å². The minimum atomic E-state index is -3.79. The molecule has 2 aromatic rings. The Labute approximate surface area is 164 Å². The van der Waals surface area contributed by atoms with Crippen LogP contribution in [0.1, 0.15) is 32.4 Å². The summed E-state index contributed by atoms with van der Waals surface area (Å²) in [7, 11) is -3.79. The fourth-order valence-electron chi connectivity index (χ4n) is 2.78. The Balaban J connectivity index is 1.81. The lowest BCUT2D eigenvalue weighted by atomic mass is 10.1. The number of ether oxygens (including phenoxy) is 2. The van der Waals surface area contributed by atoms with E-state index in [-0.39, 0.29) is 16.5 Å². The number of benzene rings is 1. The summed E-state index contributed by atoms with van der Waals surface area (Å²) in [4.78, 5) is 14.0. The van der Waals surface area contributed by atoms with Crippen molar-refractivity contribution in [2.24, 2.45) is 0 Å². The summed E-state index contributed by atoms with van der Waals surface area (Å²) in [6.45, 7) is 6.47. The van der Waals surface area contributed by atoms with Crippen LogP contribution >= 0.6 is 0 Å². The van der Waals surface area contributed by atoms with Crippen molar-refractivity contribution in [3.63, 3.8) is 0 Å². The van der Waals surface area contributed by atoms with Gasteiger partial charge in [-0.1, -0.05) is 12.1 Å². The maximum atomic E-state index is 12.8. The zero-order valence-corrected chi connectivity index (χ0v) is 16.8. The predicted molar refractivity (Wildman–Crippen MR) is 100 cm³/mol. The van der Waals surface area contributed by atoms with E-state index >= 15 is 0 Å². The van der Waals surface area contributed by atoms with Crippen LogP contribution in [0, 0.1) is 0 Å². The third-order valence-electron chi connectivity index (χ3n) is 4.08. The second-order valence-corrected chi connectivity index (χ2v) is 9.32. The van der Waals surface area contributed by atoms with Crippen molar-refractivity contribution >= 4 is 15.9 Å². The van der Waals surface area contributed by atoms with Gasteiger partial charge < -0.3 is 14.4 Å². The first kappa shape index (κ1) is 20.2. The van der Waals surface area contributed by atoms with E-state index in [9.17, 15) is 13.2 Å². The molecule has 0 aliphatic carbocycles. The zero-order valence-electron chi connectivity index (χ0n) is 16.0. The molecule has 0 N–H and O–H groups in total. The van der Waals surface area contributed by atoms with E-state index in [1.165, 1.54) is 24.4 Å². The highest BCUT2D eigenvalue weighted by Crippen LogP contribution is 2.27.